The van der Waals surface area contributed by atoms with Crippen LogP contribution in [0.4, 0.5) is 0 Å². The van der Waals surface area contributed by atoms with E-state index in [1.807, 2.05) is 30.3 Å². The molecule has 132 valence electrons. The van der Waals surface area contributed by atoms with Crippen LogP contribution in [0.15, 0.2) is 53.6 Å². The van der Waals surface area contributed by atoms with Crippen molar-refractivity contribution in [2.75, 3.05) is 20.0 Å². The molecule has 0 aliphatic carbocycles. The zero-order chi connectivity index (χ0) is 18.3. The third kappa shape index (κ3) is 4.52. The molecular formula is C18H18ClNO4S. The van der Waals surface area contributed by atoms with E-state index in [1.54, 1.807) is 18.3 Å². The highest BCUT2D eigenvalue weighted by molar-refractivity contribution is 7.99. The summed E-state index contributed by atoms with van der Waals surface area (Å²) >= 11 is 7.54. The molecule has 7 heteroatoms. The SMILES string of the molecule is COC(=O)C(CSc1ccccc1)(Cc1ncccc1Cl)C(=O)OC. The van der Waals surface area contributed by atoms with Gasteiger partial charge in [-0.25, -0.2) is 0 Å². The minimum absolute atomic E-state index is 0.00808. The number of hydrogen-bond donors (Lipinski definition) is 0. The molecule has 0 unspecified atom stereocenters. The highest BCUT2D eigenvalue weighted by Gasteiger charge is 2.49. The van der Waals surface area contributed by atoms with Gasteiger partial charge in [0.25, 0.3) is 0 Å². The number of hydrogen-bond acceptors (Lipinski definition) is 6. The monoisotopic (exact) mass is 379 g/mol. The zero-order valence-electron chi connectivity index (χ0n) is 13.9. The van der Waals surface area contributed by atoms with Crippen LogP contribution in [0, 0.1) is 5.41 Å². The summed E-state index contributed by atoms with van der Waals surface area (Å²) in [5.74, 6) is -1.21. The molecule has 1 heterocycles. The van der Waals surface area contributed by atoms with Gasteiger partial charge < -0.3 is 9.47 Å². The van der Waals surface area contributed by atoms with Gasteiger partial charge in [-0.3, -0.25) is 14.6 Å². The maximum atomic E-state index is 12.6. The van der Waals surface area contributed by atoms with Crippen LogP contribution in [0.5, 0.6) is 0 Å². The van der Waals surface area contributed by atoms with Crippen molar-refractivity contribution in [3.05, 3.63) is 59.4 Å². The number of thioether (sulfide) groups is 1. The molecule has 5 nitrogen and oxygen atoms in total. The Morgan fingerprint density at radius 2 is 1.72 bits per heavy atom. The molecule has 0 N–H and O–H groups in total. The topological polar surface area (TPSA) is 65.5 Å². The van der Waals surface area contributed by atoms with Gasteiger partial charge in [0.05, 0.1) is 24.9 Å². The molecule has 0 aliphatic heterocycles. The first-order valence-electron chi connectivity index (χ1n) is 7.47. The maximum absolute atomic E-state index is 12.6. The smallest absolute Gasteiger partial charge is 0.324 e. The van der Waals surface area contributed by atoms with Crippen LogP contribution in [0.25, 0.3) is 0 Å². The number of esters is 2. The number of aromatic nitrogens is 1. The standard InChI is InChI=1S/C18H18ClNO4S/c1-23-16(21)18(17(22)24-2,11-15-14(19)9-6-10-20-15)12-25-13-7-4-3-5-8-13/h3-10H,11-12H2,1-2H3. The van der Waals surface area contributed by atoms with Crippen LogP contribution < -0.4 is 0 Å². The second-order valence-corrected chi connectivity index (χ2v) is 6.73. The normalized spacial score (nSPS) is 11.0. The summed E-state index contributed by atoms with van der Waals surface area (Å²) in [6.07, 6.45) is 1.55. The van der Waals surface area contributed by atoms with Gasteiger partial charge in [0, 0.05) is 23.3 Å². The van der Waals surface area contributed by atoms with Crippen molar-refractivity contribution in [2.45, 2.75) is 11.3 Å². The Labute approximate surface area is 155 Å². The van der Waals surface area contributed by atoms with Gasteiger partial charge in [-0.2, -0.15) is 0 Å². The first kappa shape index (κ1) is 19.3. The van der Waals surface area contributed by atoms with E-state index in [9.17, 15) is 9.59 Å². The van der Waals surface area contributed by atoms with Gasteiger partial charge in [-0.05, 0) is 24.3 Å². The first-order chi connectivity index (χ1) is 12.0. The number of rotatable bonds is 7. The highest BCUT2D eigenvalue weighted by atomic mass is 35.5. The second kappa shape index (κ2) is 8.87. The van der Waals surface area contributed by atoms with E-state index < -0.39 is 17.4 Å². The van der Waals surface area contributed by atoms with E-state index in [0.717, 1.165) is 4.90 Å². The van der Waals surface area contributed by atoms with Crippen molar-refractivity contribution >= 4 is 35.3 Å². The lowest BCUT2D eigenvalue weighted by Gasteiger charge is -2.27. The van der Waals surface area contributed by atoms with Crippen molar-refractivity contribution in [3.8, 4) is 0 Å². The molecule has 0 saturated heterocycles. The van der Waals surface area contributed by atoms with Crippen LogP contribution in [-0.4, -0.2) is 36.9 Å². The number of nitrogens with zero attached hydrogens (tertiary/aromatic N) is 1. The zero-order valence-corrected chi connectivity index (χ0v) is 15.5. The average Bonchev–Trinajstić information content (AvgIpc) is 2.66. The van der Waals surface area contributed by atoms with Crippen molar-refractivity contribution in [1.29, 1.82) is 0 Å². The van der Waals surface area contributed by atoms with Crippen molar-refractivity contribution in [1.82, 2.24) is 4.98 Å². The first-order valence-corrected chi connectivity index (χ1v) is 8.84. The van der Waals surface area contributed by atoms with Gasteiger partial charge in [-0.15, -0.1) is 11.8 Å². The molecular weight excluding hydrogens is 362 g/mol. The lowest BCUT2D eigenvalue weighted by Crippen LogP contribution is -2.45. The van der Waals surface area contributed by atoms with Gasteiger partial charge in [0.1, 0.15) is 0 Å². The second-order valence-electron chi connectivity index (χ2n) is 5.28. The number of pyridine rings is 1. The summed E-state index contributed by atoms with van der Waals surface area (Å²) < 4.78 is 9.83. The van der Waals surface area contributed by atoms with E-state index in [-0.39, 0.29) is 12.2 Å². The summed E-state index contributed by atoms with van der Waals surface area (Å²) in [4.78, 5) is 30.2. The lowest BCUT2D eigenvalue weighted by molar-refractivity contribution is -0.167. The molecule has 0 aliphatic rings. The number of halogens is 1. The van der Waals surface area contributed by atoms with E-state index in [4.69, 9.17) is 21.1 Å². The molecule has 0 radical (unpaired) electrons. The van der Waals surface area contributed by atoms with Gasteiger partial charge >= 0.3 is 11.9 Å². The fraction of sp³-hybridized carbons (Fsp3) is 0.278. The Hall–Kier alpha value is -2.05. The summed E-state index contributed by atoms with van der Waals surface area (Å²) in [6.45, 7) is 0. The Balaban J connectivity index is 2.39. The Kier molecular flexibility index (Phi) is 6.84. The quantitative estimate of drug-likeness (QED) is 0.417. The summed E-state index contributed by atoms with van der Waals surface area (Å²) in [6, 6.07) is 12.8. The molecule has 1 aromatic heterocycles. The van der Waals surface area contributed by atoms with Crippen molar-refractivity contribution < 1.29 is 19.1 Å². The van der Waals surface area contributed by atoms with Gasteiger partial charge in [0.15, 0.2) is 5.41 Å². The Morgan fingerprint density at radius 1 is 1.08 bits per heavy atom. The molecule has 0 saturated carbocycles. The summed E-state index contributed by atoms with van der Waals surface area (Å²) in [7, 11) is 2.49. The summed E-state index contributed by atoms with van der Waals surface area (Å²) in [5.41, 5.74) is -1.10. The molecule has 2 rings (SSSR count). The van der Waals surface area contributed by atoms with Crippen LogP contribution in [0.1, 0.15) is 5.69 Å². The van der Waals surface area contributed by atoms with E-state index >= 15 is 0 Å². The third-order valence-electron chi connectivity index (χ3n) is 3.68. The molecule has 0 amide bonds. The third-order valence-corrected chi connectivity index (χ3v) is 5.27. The minimum Gasteiger partial charge on any atom is -0.468 e. The van der Waals surface area contributed by atoms with Crippen molar-refractivity contribution in [2.24, 2.45) is 5.41 Å². The molecule has 1 aromatic carbocycles. The fourth-order valence-corrected chi connectivity index (χ4v) is 3.63. The van der Waals surface area contributed by atoms with Crippen LogP contribution in [0.3, 0.4) is 0 Å². The Morgan fingerprint density at radius 3 is 2.28 bits per heavy atom. The molecule has 0 atom stereocenters. The average molecular weight is 380 g/mol. The molecule has 2 aromatic rings. The number of methoxy groups -OCH3 is 2. The number of carbonyl (C=O) groups excluding carboxylic acids is 2. The lowest BCUT2D eigenvalue weighted by atomic mass is 9.85. The number of carbonyl (C=O) groups is 2. The number of ether oxygens (including phenoxy) is 2. The fourth-order valence-electron chi connectivity index (χ4n) is 2.34. The molecule has 25 heavy (non-hydrogen) atoms. The largest absolute Gasteiger partial charge is 0.468 e. The van der Waals surface area contributed by atoms with Gasteiger partial charge in [0.2, 0.25) is 0 Å². The molecule has 0 spiro atoms. The van der Waals surface area contributed by atoms with Crippen molar-refractivity contribution in [3.63, 3.8) is 0 Å². The molecule has 0 fully saturated rings. The summed E-state index contributed by atoms with van der Waals surface area (Å²) in [5, 5.41) is 0.379. The Bertz CT molecular complexity index is 723. The van der Waals surface area contributed by atoms with E-state index in [1.165, 1.54) is 26.0 Å². The van der Waals surface area contributed by atoms with Crippen LogP contribution >= 0.6 is 23.4 Å². The van der Waals surface area contributed by atoms with Crippen LogP contribution in [0.2, 0.25) is 5.02 Å². The van der Waals surface area contributed by atoms with Gasteiger partial charge in [-0.1, -0.05) is 29.8 Å². The van der Waals surface area contributed by atoms with E-state index in [2.05, 4.69) is 4.98 Å². The predicted molar refractivity (Wildman–Crippen MR) is 96.6 cm³/mol. The number of benzene rings is 1. The minimum atomic E-state index is -1.54. The highest BCUT2D eigenvalue weighted by Crippen LogP contribution is 2.35. The maximum Gasteiger partial charge on any atom is 0.324 e. The van der Waals surface area contributed by atoms with Crippen LogP contribution in [-0.2, 0) is 25.5 Å². The van der Waals surface area contributed by atoms with E-state index in [0.29, 0.717) is 10.7 Å². The predicted octanol–water partition coefficient (Wildman–Crippen LogP) is 3.40. The molecule has 0 bridgehead atoms.